The van der Waals surface area contributed by atoms with Crippen molar-refractivity contribution in [3.8, 4) is 0 Å². The number of nitrogens with one attached hydrogen (secondary N) is 1. The fourth-order valence-electron chi connectivity index (χ4n) is 2.40. The van der Waals surface area contributed by atoms with Crippen molar-refractivity contribution in [2.45, 2.75) is 57.8 Å². The number of hydrogen-bond acceptors (Lipinski definition) is 5. The Kier molecular flexibility index (Phi) is 7.34. The van der Waals surface area contributed by atoms with E-state index >= 15 is 0 Å². The van der Waals surface area contributed by atoms with E-state index in [2.05, 4.69) is 17.0 Å². The predicted octanol–water partition coefficient (Wildman–Crippen LogP) is 1.09. The minimum atomic E-state index is -0.596. The SMILES string of the molecule is COC(=O)C(C)NCC(O)COC1CCCCC1C. The van der Waals surface area contributed by atoms with Crippen molar-refractivity contribution in [3.05, 3.63) is 0 Å². The lowest BCUT2D eigenvalue weighted by Crippen LogP contribution is -2.41. The van der Waals surface area contributed by atoms with Gasteiger partial charge < -0.3 is 19.9 Å². The van der Waals surface area contributed by atoms with Gasteiger partial charge in [0.1, 0.15) is 6.04 Å². The van der Waals surface area contributed by atoms with Crippen LogP contribution >= 0.6 is 0 Å². The molecule has 2 N–H and O–H groups in total. The maximum absolute atomic E-state index is 11.2. The van der Waals surface area contributed by atoms with E-state index in [0.29, 0.717) is 19.1 Å². The summed E-state index contributed by atoms with van der Waals surface area (Å²) in [6.45, 7) is 4.56. The molecule has 0 aromatic heterocycles. The summed E-state index contributed by atoms with van der Waals surface area (Å²) in [5, 5.41) is 12.8. The molecule has 0 radical (unpaired) electrons. The molecule has 5 heteroatoms. The largest absolute Gasteiger partial charge is 0.468 e. The molecule has 0 spiro atoms. The molecule has 1 aliphatic rings. The molecule has 0 aromatic carbocycles. The molecule has 0 aromatic rings. The second-order valence-electron chi connectivity index (χ2n) is 5.44. The first-order chi connectivity index (χ1) is 9.04. The number of methoxy groups -OCH3 is 1. The van der Waals surface area contributed by atoms with E-state index in [1.807, 2.05) is 0 Å². The molecule has 4 atom stereocenters. The molecule has 0 aliphatic heterocycles. The summed E-state index contributed by atoms with van der Waals surface area (Å²) in [5.41, 5.74) is 0. The second-order valence-corrected chi connectivity index (χ2v) is 5.44. The summed E-state index contributed by atoms with van der Waals surface area (Å²) in [7, 11) is 1.35. The van der Waals surface area contributed by atoms with Gasteiger partial charge in [0.15, 0.2) is 0 Å². The highest BCUT2D eigenvalue weighted by Gasteiger charge is 2.23. The average molecular weight is 273 g/mol. The molecular weight excluding hydrogens is 246 g/mol. The molecule has 112 valence electrons. The highest BCUT2D eigenvalue weighted by molar-refractivity contribution is 5.75. The van der Waals surface area contributed by atoms with Crippen molar-refractivity contribution in [3.63, 3.8) is 0 Å². The van der Waals surface area contributed by atoms with Crippen molar-refractivity contribution >= 4 is 5.97 Å². The van der Waals surface area contributed by atoms with E-state index in [-0.39, 0.29) is 12.1 Å². The Labute approximate surface area is 115 Å². The number of hydrogen-bond donors (Lipinski definition) is 2. The van der Waals surface area contributed by atoms with Crippen LogP contribution in [0.1, 0.15) is 39.5 Å². The quantitative estimate of drug-likeness (QED) is 0.680. The summed E-state index contributed by atoms with van der Waals surface area (Å²) in [6, 6.07) is -0.409. The van der Waals surface area contributed by atoms with Crippen LogP contribution in [0.3, 0.4) is 0 Å². The van der Waals surface area contributed by atoms with E-state index in [0.717, 1.165) is 6.42 Å². The number of aliphatic hydroxyl groups excluding tert-OH is 1. The van der Waals surface area contributed by atoms with Crippen LogP contribution in [0.25, 0.3) is 0 Å². The minimum absolute atomic E-state index is 0.265. The summed E-state index contributed by atoms with van der Waals surface area (Å²) >= 11 is 0. The Bertz CT molecular complexity index is 272. The van der Waals surface area contributed by atoms with Gasteiger partial charge in [0.2, 0.25) is 0 Å². The van der Waals surface area contributed by atoms with Crippen molar-refractivity contribution in [2.24, 2.45) is 5.92 Å². The summed E-state index contributed by atoms with van der Waals surface area (Å²) in [5.74, 6) is 0.247. The van der Waals surface area contributed by atoms with Crippen LogP contribution in [0.15, 0.2) is 0 Å². The maximum Gasteiger partial charge on any atom is 0.322 e. The van der Waals surface area contributed by atoms with Gasteiger partial charge in [0.05, 0.1) is 25.9 Å². The number of esters is 1. The first-order valence-electron chi connectivity index (χ1n) is 7.15. The van der Waals surface area contributed by atoms with Crippen LogP contribution < -0.4 is 5.32 Å². The van der Waals surface area contributed by atoms with Crippen LogP contribution in [-0.4, -0.2) is 49.6 Å². The van der Waals surface area contributed by atoms with E-state index in [1.54, 1.807) is 6.92 Å². The Morgan fingerprint density at radius 1 is 1.42 bits per heavy atom. The van der Waals surface area contributed by atoms with Gasteiger partial charge in [-0.05, 0) is 25.7 Å². The lowest BCUT2D eigenvalue weighted by molar-refractivity contribution is -0.142. The van der Waals surface area contributed by atoms with Gasteiger partial charge in [-0.1, -0.05) is 19.8 Å². The Hall–Kier alpha value is -0.650. The zero-order valence-corrected chi connectivity index (χ0v) is 12.2. The Morgan fingerprint density at radius 3 is 2.74 bits per heavy atom. The molecule has 0 bridgehead atoms. The lowest BCUT2D eigenvalue weighted by atomic mass is 9.88. The molecule has 0 heterocycles. The Balaban J connectivity index is 2.16. The van der Waals surface area contributed by atoms with E-state index in [9.17, 15) is 9.90 Å². The van der Waals surface area contributed by atoms with Crippen molar-refractivity contribution in [2.75, 3.05) is 20.3 Å². The van der Waals surface area contributed by atoms with Crippen LogP contribution in [0, 0.1) is 5.92 Å². The smallest absolute Gasteiger partial charge is 0.322 e. The van der Waals surface area contributed by atoms with Crippen LogP contribution in [-0.2, 0) is 14.3 Å². The van der Waals surface area contributed by atoms with Gasteiger partial charge in [-0.2, -0.15) is 0 Å². The van der Waals surface area contributed by atoms with Gasteiger partial charge in [-0.15, -0.1) is 0 Å². The fourth-order valence-corrected chi connectivity index (χ4v) is 2.40. The maximum atomic E-state index is 11.2. The predicted molar refractivity (Wildman–Crippen MR) is 72.9 cm³/mol. The zero-order chi connectivity index (χ0) is 14.3. The molecule has 0 saturated heterocycles. The van der Waals surface area contributed by atoms with Gasteiger partial charge in [0, 0.05) is 6.54 Å². The van der Waals surface area contributed by atoms with Crippen molar-refractivity contribution < 1.29 is 19.4 Å². The number of carbonyl (C=O) groups excluding carboxylic acids is 1. The molecule has 1 saturated carbocycles. The van der Waals surface area contributed by atoms with Crippen LogP contribution in [0.4, 0.5) is 0 Å². The first-order valence-corrected chi connectivity index (χ1v) is 7.15. The number of rotatable bonds is 7. The third-order valence-corrected chi connectivity index (χ3v) is 3.75. The topological polar surface area (TPSA) is 67.8 Å². The molecule has 4 unspecified atom stereocenters. The van der Waals surface area contributed by atoms with E-state index < -0.39 is 12.1 Å². The molecule has 0 amide bonds. The molecular formula is C14H27NO4. The van der Waals surface area contributed by atoms with E-state index in [1.165, 1.54) is 26.4 Å². The highest BCUT2D eigenvalue weighted by atomic mass is 16.5. The van der Waals surface area contributed by atoms with Gasteiger partial charge >= 0.3 is 5.97 Å². The third kappa shape index (κ3) is 5.89. The lowest BCUT2D eigenvalue weighted by Gasteiger charge is -2.29. The highest BCUT2D eigenvalue weighted by Crippen LogP contribution is 2.26. The summed E-state index contributed by atoms with van der Waals surface area (Å²) in [6.07, 6.45) is 4.45. The second kappa shape index (κ2) is 8.51. The molecule has 1 aliphatic carbocycles. The van der Waals surface area contributed by atoms with Crippen LogP contribution in [0.5, 0.6) is 0 Å². The summed E-state index contributed by atoms with van der Waals surface area (Å²) < 4.78 is 10.4. The minimum Gasteiger partial charge on any atom is -0.468 e. The van der Waals surface area contributed by atoms with Crippen molar-refractivity contribution in [1.29, 1.82) is 0 Å². The van der Waals surface area contributed by atoms with Crippen molar-refractivity contribution in [1.82, 2.24) is 5.32 Å². The average Bonchev–Trinajstić information content (AvgIpc) is 2.42. The first kappa shape index (κ1) is 16.4. The van der Waals surface area contributed by atoms with E-state index in [4.69, 9.17) is 4.74 Å². The normalized spacial score (nSPS) is 26.7. The standard InChI is InChI=1S/C14H27NO4/c1-10-6-4-5-7-13(10)19-9-12(16)8-15-11(2)14(17)18-3/h10-13,15-16H,4-9H2,1-3H3. The Morgan fingerprint density at radius 2 is 2.11 bits per heavy atom. The molecule has 19 heavy (non-hydrogen) atoms. The number of carbonyl (C=O) groups is 1. The van der Waals surface area contributed by atoms with Crippen LogP contribution in [0.2, 0.25) is 0 Å². The van der Waals surface area contributed by atoms with Gasteiger partial charge in [-0.25, -0.2) is 0 Å². The summed E-state index contributed by atoms with van der Waals surface area (Å²) in [4.78, 5) is 11.2. The number of ether oxygens (including phenoxy) is 2. The fraction of sp³-hybridized carbons (Fsp3) is 0.929. The molecule has 1 rings (SSSR count). The van der Waals surface area contributed by atoms with Gasteiger partial charge in [0.25, 0.3) is 0 Å². The van der Waals surface area contributed by atoms with Gasteiger partial charge in [-0.3, -0.25) is 4.79 Å². The molecule has 1 fully saturated rings. The third-order valence-electron chi connectivity index (χ3n) is 3.75. The number of aliphatic hydroxyl groups is 1. The molecule has 5 nitrogen and oxygen atoms in total. The zero-order valence-electron chi connectivity index (χ0n) is 12.2. The monoisotopic (exact) mass is 273 g/mol.